The average molecular weight is 249 g/mol. The number of nitrogens with two attached hydrogens (primary N) is 1. The fourth-order valence-electron chi connectivity index (χ4n) is 1.32. The molecule has 1 aromatic heterocycles. The zero-order valence-corrected chi connectivity index (χ0v) is 9.72. The van der Waals surface area contributed by atoms with Gasteiger partial charge in [-0.25, -0.2) is 4.98 Å². The molecule has 0 bridgehead atoms. The molecule has 1 heterocycles. The predicted molar refractivity (Wildman–Crippen MR) is 65.4 cm³/mol. The van der Waals surface area contributed by atoms with Crippen LogP contribution in [0.4, 0.5) is 0 Å². The van der Waals surface area contributed by atoms with Gasteiger partial charge in [-0.05, 0) is 12.1 Å². The zero-order chi connectivity index (χ0) is 12.1. The summed E-state index contributed by atoms with van der Waals surface area (Å²) < 4.78 is 5.58. The highest BCUT2D eigenvalue weighted by atomic mass is 32.1. The van der Waals surface area contributed by atoms with E-state index in [1.807, 2.05) is 11.4 Å². The van der Waals surface area contributed by atoms with Crippen LogP contribution in [0.1, 0.15) is 10.6 Å². The Balaban J connectivity index is 2.15. The van der Waals surface area contributed by atoms with Gasteiger partial charge in [0.15, 0.2) is 5.84 Å². The van der Waals surface area contributed by atoms with Crippen LogP contribution in [-0.4, -0.2) is 16.0 Å². The maximum absolute atomic E-state index is 8.66. The molecule has 0 atom stereocenters. The minimum absolute atomic E-state index is 0.0275. The van der Waals surface area contributed by atoms with Crippen molar-refractivity contribution in [2.75, 3.05) is 0 Å². The topological polar surface area (TPSA) is 80.7 Å². The van der Waals surface area contributed by atoms with Gasteiger partial charge >= 0.3 is 0 Å². The number of ether oxygens (including phenoxy) is 1. The van der Waals surface area contributed by atoms with Crippen LogP contribution in [0.15, 0.2) is 41.0 Å². The van der Waals surface area contributed by atoms with E-state index in [2.05, 4.69) is 10.1 Å². The van der Waals surface area contributed by atoms with Gasteiger partial charge in [-0.3, -0.25) is 0 Å². The van der Waals surface area contributed by atoms with Crippen molar-refractivity contribution in [1.82, 2.24) is 4.98 Å². The van der Waals surface area contributed by atoms with Gasteiger partial charge in [0.05, 0.1) is 5.56 Å². The number of oxime groups is 1. The number of amidine groups is 1. The molecule has 0 aliphatic rings. The van der Waals surface area contributed by atoms with Gasteiger partial charge in [0, 0.05) is 11.6 Å². The zero-order valence-electron chi connectivity index (χ0n) is 8.91. The number of rotatable bonds is 4. The number of benzene rings is 1. The first-order valence-electron chi connectivity index (χ1n) is 4.89. The molecule has 5 nitrogen and oxygen atoms in total. The highest BCUT2D eigenvalue weighted by molar-refractivity contribution is 7.09. The van der Waals surface area contributed by atoms with Gasteiger partial charge in [0.1, 0.15) is 17.4 Å². The molecule has 0 radical (unpaired) electrons. The molecular weight excluding hydrogens is 238 g/mol. The largest absolute Gasteiger partial charge is 0.486 e. The van der Waals surface area contributed by atoms with Gasteiger partial charge in [-0.15, -0.1) is 11.3 Å². The number of para-hydroxylation sites is 1. The van der Waals surface area contributed by atoms with Crippen molar-refractivity contribution in [1.29, 1.82) is 0 Å². The SMILES string of the molecule is NC(=NO)c1ccccc1OCc1nccs1. The summed E-state index contributed by atoms with van der Waals surface area (Å²) in [5.74, 6) is 0.595. The first-order valence-corrected chi connectivity index (χ1v) is 5.77. The Bertz CT molecular complexity index is 511. The van der Waals surface area contributed by atoms with Crippen molar-refractivity contribution in [3.8, 4) is 5.75 Å². The molecular formula is C11H11N3O2S. The van der Waals surface area contributed by atoms with Crippen LogP contribution in [0.25, 0.3) is 0 Å². The third-order valence-electron chi connectivity index (χ3n) is 2.11. The number of nitrogens with zero attached hydrogens (tertiary/aromatic N) is 2. The third kappa shape index (κ3) is 2.73. The highest BCUT2D eigenvalue weighted by Gasteiger charge is 2.07. The van der Waals surface area contributed by atoms with Crippen molar-refractivity contribution in [2.24, 2.45) is 10.9 Å². The molecule has 88 valence electrons. The molecule has 0 amide bonds. The summed E-state index contributed by atoms with van der Waals surface area (Å²) in [6, 6.07) is 7.11. The van der Waals surface area contributed by atoms with E-state index in [1.165, 1.54) is 11.3 Å². The molecule has 2 rings (SSSR count). The summed E-state index contributed by atoms with van der Waals surface area (Å²) in [5.41, 5.74) is 6.11. The van der Waals surface area contributed by atoms with Crippen molar-refractivity contribution >= 4 is 17.2 Å². The van der Waals surface area contributed by atoms with E-state index in [4.69, 9.17) is 15.7 Å². The maximum atomic E-state index is 8.66. The fourth-order valence-corrected chi connectivity index (χ4v) is 1.85. The second kappa shape index (κ2) is 5.31. The molecule has 0 saturated heterocycles. The summed E-state index contributed by atoms with van der Waals surface area (Å²) in [6.45, 7) is 0.368. The van der Waals surface area contributed by atoms with E-state index in [0.717, 1.165) is 5.01 Å². The summed E-state index contributed by atoms with van der Waals surface area (Å²) in [5, 5.41) is 14.4. The minimum Gasteiger partial charge on any atom is -0.486 e. The average Bonchev–Trinajstić information content (AvgIpc) is 2.89. The van der Waals surface area contributed by atoms with Crippen molar-refractivity contribution in [3.05, 3.63) is 46.4 Å². The van der Waals surface area contributed by atoms with Crippen molar-refractivity contribution in [3.63, 3.8) is 0 Å². The Labute approximate surface area is 102 Å². The van der Waals surface area contributed by atoms with Gasteiger partial charge in [0.2, 0.25) is 0 Å². The first kappa shape index (κ1) is 11.4. The summed E-state index contributed by atoms with van der Waals surface area (Å²) in [6.07, 6.45) is 1.72. The third-order valence-corrected chi connectivity index (χ3v) is 2.86. The standard InChI is InChI=1S/C11H11N3O2S/c12-11(14-15)8-3-1-2-4-9(8)16-7-10-13-5-6-17-10/h1-6,15H,7H2,(H2,12,14). The molecule has 0 aliphatic carbocycles. The van der Waals surface area contributed by atoms with Crippen molar-refractivity contribution < 1.29 is 9.94 Å². The molecule has 1 aromatic carbocycles. The summed E-state index contributed by atoms with van der Waals surface area (Å²) in [7, 11) is 0. The molecule has 6 heteroatoms. The van der Waals surface area contributed by atoms with E-state index < -0.39 is 0 Å². The summed E-state index contributed by atoms with van der Waals surface area (Å²) in [4.78, 5) is 4.11. The lowest BCUT2D eigenvalue weighted by molar-refractivity contribution is 0.302. The molecule has 3 N–H and O–H groups in total. The van der Waals surface area contributed by atoms with Gasteiger partial charge in [-0.1, -0.05) is 17.3 Å². The van der Waals surface area contributed by atoms with E-state index in [-0.39, 0.29) is 5.84 Å². The Morgan fingerprint density at radius 3 is 3.00 bits per heavy atom. The van der Waals surface area contributed by atoms with Gasteiger partial charge in [-0.2, -0.15) is 0 Å². The lowest BCUT2D eigenvalue weighted by Gasteiger charge is -2.08. The second-order valence-corrected chi connectivity index (χ2v) is 4.18. The van der Waals surface area contributed by atoms with Crippen molar-refractivity contribution in [2.45, 2.75) is 6.61 Å². The van der Waals surface area contributed by atoms with Crippen LogP contribution < -0.4 is 10.5 Å². The lowest BCUT2D eigenvalue weighted by Crippen LogP contribution is -2.14. The normalized spacial score (nSPS) is 11.4. The molecule has 0 fully saturated rings. The number of hydrogen-bond acceptors (Lipinski definition) is 5. The quantitative estimate of drug-likeness (QED) is 0.375. The predicted octanol–water partition coefficient (Wildman–Crippen LogP) is 1.82. The lowest BCUT2D eigenvalue weighted by atomic mass is 10.2. The van der Waals surface area contributed by atoms with E-state index in [0.29, 0.717) is 17.9 Å². The van der Waals surface area contributed by atoms with E-state index in [9.17, 15) is 0 Å². The van der Waals surface area contributed by atoms with E-state index >= 15 is 0 Å². The molecule has 2 aromatic rings. The Morgan fingerprint density at radius 2 is 2.29 bits per heavy atom. The second-order valence-electron chi connectivity index (χ2n) is 3.20. The fraction of sp³-hybridized carbons (Fsp3) is 0.0909. The van der Waals surface area contributed by atoms with Crippen LogP contribution in [0.3, 0.4) is 0 Å². The van der Waals surface area contributed by atoms with Gasteiger partial charge in [0.25, 0.3) is 0 Å². The minimum atomic E-state index is 0.0275. The molecule has 17 heavy (non-hydrogen) atoms. The molecule has 0 aliphatic heterocycles. The van der Waals surface area contributed by atoms with E-state index in [1.54, 1.807) is 24.4 Å². The first-order chi connectivity index (χ1) is 8.31. The Morgan fingerprint density at radius 1 is 1.47 bits per heavy atom. The monoisotopic (exact) mass is 249 g/mol. The highest BCUT2D eigenvalue weighted by Crippen LogP contribution is 2.19. The molecule has 0 spiro atoms. The summed E-state index contributed by atoms with van der Waals surface area (Å²) >= 11 is 1.52. The Kier molecular flexibility index (Phi) is 3.56. The van der Waals surface area contributed by atoms with Crippen LogP contribution in [-0.2, 0) is 6.61 Å². The number of aromatic nitrogens is 1. The number of hydrogen-bond donors (Lipinski definition) is 2. The van der Waals surface area contributed by atoms with Crippen LogP contribution in [0, 0.1) is 0 Å². The smallest absolute Gasteiger partial charge is 0.173 e. The molecule has 0 unspecified atom stereocenters. The Hall–Kier alpha value is -2.08. The molecule has 0 saturated carbocycles. The van der Waals surface area contributed by atoms with Crippen LogP contribution in [0.2, 0.25) is 0 Å². The van der Waals surface area contributed by atoms with Crippen LogP contribution in [0.5, 0.6) is 5.75 Å². The number of thiazole rings is 1. The van der Waals surface area contributed by atoms with Crippen LogP contribution >= 0.6 is 11.3 Å². The maximum Gasteiger partial charge on any atom is 0.173 e. The van der Waals surface area contributed by atoms with Gasteiger partial charge < -0.3 is 15.7 Å².